The number of nitrogens with one attached hydrogen (secondary N) is 1. The van der Waals surface area contributed by atoms with Crippen LogP contribution in [0.4, 0.5) is 0 Å². The predicted octanol–water partition coefficient (Wildman–Crippen LogP) is 3.01. The Morgan fingerprint density at radius 2 is 2.19 bits per heavy atom. The van der Waals surface area contributed by atoms with Crippen LogP contribution in [0.25, 0.3) is 0 Å². The van der Waals surface area contributed by atoms with Crippen LogP contribution in [0.5, 0.6) is 0 Å². The molecule has 1 atom stereocenters. The molecule has 2 rings (SSSR count). The van der Waals surface area contributed by atoms with Gasteiger partial charge in [-0.15, -0.1) is 0 Å². The van der Waals surface area contributed by atoms with Crippen molar-refractivity contribution in [2.24, 2.45) is 0 Å². The molecule has 1 aliphatic rings. The fourth-order valence-electron chi connectivity index (χ4n) is 2.55. The number of nitrogens with zero attached hydrogens (tertiary/aromatic N) is 1. The van der Waals surface area contributed by atoms with Crippen molar-refractivity contribution in [1.82, 2.24) is 10.2 Å². The van der Waals surface area contributed by atoms with E-state index in [2.05, 4.69) is 5.32 Å². The average Bonchev–Trinajstić information content (AvgIpc) is 2.45. The minimum absolute atomic E-state index is 0.0495. The van der Waals surface area contributed by atoms with Gasteiger partial charge in [-0.05, 0) is 37.5 Å². The third kappa shape index (κ3) is 3.89. The van der Waals surface area contributed by atoms with Gasteiger partial charge in [-0.1, -0.05) is 29.3 Å². The molecule has 0 spiro atoms. The van der Waals surface area contributed by atoms with E-state index in [1.807, 2.05) is 6.92 Å². The highest BCUT2D eigenvalue weighted by Gasteiger charge is 2.31. The maximum Gasteiger partial charge on any atom is 0.243 e. The second-order valence-electron chi connectivity index (χ2n) is 5.04. The molecule has 1 N–H and O–H groups in total. The van der Waals surface area contributed by atoms with Crippen LogP contribution in [0, 0.1) is 0 Å². The molecule has 0 aliphatic carbocycles. The number of piperidine rings is 1. The van der Waals surface area contributed by atoms with Crippen molar-refractivity contribution in [3.05, 3.63) is 33.8 Å². The fraction of sp³-hybridized carbons (Fsp3) is 0.467. The van der Waals surface area contributed by atoms with E-state index in [0.29, 0.717) is 36.0 Å². The van der Waals surface area contributed by atoms with Crippen molar-refractivity contribution in [1.29, 1.82) is 0 Å². The number of rotatable bonds is 4. The first kappa shape index (κ1) is 16.1. The molecule has 0 radical (unpaired) electrons. The van der Waals surface area contributed by atoms with Gasteiger partial charge in [0, 0.05) is 29.6 Å². The van der Waals surface area contributed by atoms with Crippen LogP contribution >= 0.6 is 23.2 Å². The Labute approximate surface area is 134 Å². The summed E-state index contributed by atoms with van der Waals surface area (Å²) in [7, 11) is 0. The summed E-state index contributed by atoms with van der Waals surface area (Å²) in [5.74, 6) is -0.0793. The first-order chi connectivity index (χ1) is 10.0. The lowest BCUT2D eigenvalue weighted by Crippen LogP contribution is -2.51. The molecule has 4 nitrogen and oxygen atoms in total. The van der Waals surface area contributed by atoms with Crippen LogP contribution in [0.3, 0.4) is 0 Å². The van der Waals surface area contributed by atoms with Gasteiger partial charge in [0.25, 0.3) is 0 Å². The minimum atomic E-state index is -0.373. The minimum Gasteiger partial charge on any atom is -0.350 e. The number of amides is 2. The molecule has 114 valence electrons. The maximum absolute atomic E-state index is 12.3. The summed E-state index contributed by atoms with van der Waals surface area (Å²) in [5.41, 5.74) is 0.805. The summed E-state index contributed by atoms with van der Waals surface area (Å²) in [6, 6.07) is 4.79. The molecule has 21 heavy (non-hydrogen) atoms. The molecular weight excluding hydrogens is 311 g/mol. The van der Waals surface area contributed by atoms with Crippen LogP contribution in [0.1, 0.15) is 31.7 Å². The lowest BCUT2D eigenvalue weighted by atomic mass is 10.0. The zero-order valence-corrected chi connectivity index (χ0v) is 13.4. The summed E-state index contributed by atoms with van der Waals surface area (Å²) in [6.45, 7) is 2.77. The van der Waals surface area contributed by atoms with E-state index < -0.39 is 0 Å². The molecule has 1 heterocycles. The summed E-state index contributed by atoms with van der Waals surface area (Å²) < 4.78 is 0. The van der Waals surface area contributed by atoms with Crippen molar-refractivity contribution < 1.29 is 9.59 Å². The van der Waals surface area contributed by atoms with Gasteiger partial charge in [0.15, 0.2) is 0 Å². The Morgan fingerprint density at radius 3 is 2.86 bits per heavy atom. The lowest BCUT2D eigenvalue weighted by molar-refractivity contribution is -0.143. The highest BCUT2D eigenvalue weighted by atomic mass is 35.5. The van der Waals surface area contributed by atoms with Crippen molar-refractivity contribution in [3.63, 3.8) is 0 Å². The Bertz CT molecular complexity index is 548. The quantitative estimate of drug-likeness (QED) is 0.923. The fourth-order valence-corrected chi connectivity index (χ4v) is 3.03. The topological polar surface area (TPSA) is 49.4 Å². The van der Waals surface area contributed by atoms with Crippen LogP contribution in [-0.2, 0) is 16.1 Å². The van der Waals surface area contributed by atoms with Gasteiger partial charge in [0.2, 0.25) is 11.8 Å². The Morgan fingerprint density at radius 1 is 1.43 bits per heavy atom. The van der Waals surface area contributed by atoms with Crippen molar-refractivity contribution in [2.75, 3.05) is 6.54 Å². The zero-order valence-electron chi connectivity index (χ0n) is 11.9. The van der Waals surface area contributed by atoms with Gasteiger partial charge in [-0.25, -0.2) is 0 Å². The van der Waals surface area contributed by atoms with Gasteiger partial charge >= 0.3 is 0 Å². The van der Waals surface area contributed by atoms with E-state index in [1.54, 1.807) is 23.1 Å². The van der Waals surface area contributed by atoms with E-state index >= 15 is 0 Å². The number of hydrogen-bond donors (Lipinski definition) is 1. The Kier molecular flexibility index (Phi) is 5.48. The highest BCUT2D eigenvalue weighted by molar-refractivity contribution is 6.35. The van der Waals surface area contributed by atoms with Gasteiger partial charge in [-0.3, -0.25) is 9.59 Å². The van der Waals surface area contributed by atoms with E-state index in [1.165, 1.54) is 0 Å². The van der Waals surface area contributed by atoms with E-state index in [-0.39, 0.29) is 17.9 Å². The number of likely N-dealkylation sites (tertiary alicyclic amines) is 1. The van der Waals surface area contributed by atoms with Gasteiger partial charge in [0.1, 0.15) is 6.04 Å². The van der Waals surface area contributed by atoms with Crippen molar-refractivity contribution in [3.8, 4) is 0 Å². The number of benzene rings is 1. The molecule has 1 saturated heterocycles. The summed E-state index contributed by atoms with van der Waals surface area (Å²) >= 11 is 11.9. The standard InChI is InChI=1S/C15H18Cl2N2O2/c1-2-19-13(4-3-5-14(19)20)15(21)18-9-10-6-7-11(16)8-12(10)17/h6-8,13H,2-5,9H2,1H3,(H,18,21)/t13-/m1/s1. The number of likely N-dealkylation sites (N-methyl/N-ethyl adjacent to an activating group) is 1. The number of carbonyl (C=O) groups is 2. The summed E-state index contributed by atoms with van der Waals surface area (Å²) in [4.78, 5) is 25.7. The van der Waals surface area contributed by atoms with Crippen molar-refractivity contribution in [2.45, 2.75) is 38.8 Å². The normalized spacial score (nSPS) is 18.7. The zero-order chi connectivity index (χ0) is 15.4. The molecular formula is C15H18Cl2N2O2. The molecule has 6 heteroatoms. The number of hydrogen-bond acceptors (Lipinski definition) is 2. The van der Waals surface area contributed by atoms with Gasteiger partial charge in [-0.2, -0.15) is 0 Å². The molecule has 1 aliphatic heterocycles. The molecule has 0 aromatic heterocycles. The number of halogens is 2. The second kappa shape index (κ2) is 7.14. The maximum atomic E-state index is 12.3. The van der Waals surface area contributed by atoms with Crippen LogP contribution in [-0.4, -0.2) is 29.3 Å². The Balaban J connectivity index is 1.99. The molecule has 2 amide bonds. The molecule has 0 unspecified atom stereocenters. The van der Waals surface area contributed by atoms with Crippen LogP contribution in [0.15, 0.2) is 18.2 Å². The molecule has 0 saturated carbocycles. The number of carbonyl (C=O) groups excluding carboxylic acids is 2. The molecule has 1 aromatic rings. The van der Waals surface area contributed by atoms with E-state index in [4.69, 9.17) is 23.2 Å². The highest BCUT2D eigenvalue weighted by Crippen LogP contribution is 2.21. The third-order valence-electron chi connectivity index (χ3n) is 3.68. The summed E-state index contributed by atoms with van der Waals surface area (Å²) in [6.07, 6.45) is 2.00. The first-order valence-corrected chi connectivity index (χ1v) is 7.79. The lowest BCUT2D eigenvalue weighted by Gasteiger charge is -2.33. The van der Waals surface area contributed by atoms with Crippen LogP contribution < -0.4 is 5.32 Å². The van der Waals surface area contributed by atoms with Crippen LogP contribution in [0.2, 0.25) is 10.0 Å². The predicted molar refractivity (Wildman–Crippen MR) is 83.3 cm³/mol. The summed E-state index contributed by atoms with van der Waals surface area (Å²) in [5, 5.41) is 3.94. The molecule has 1 aromatic carbocycles. The molecule has 1 fully saturated rings. The average molecular weight is 329 g/mol. The monoisotopic (exact) mass is 328 g/mol. The van der Waals surface area contributed by atoms with E-state index in [9.17, 15) is 9.59 Å². The Hall–Kier alpha value is -1.26. The smallest absolute Gasteiger partial charge is 0.243 e. The second-order valence-corrected chi connectivity index (χ2v) is 5.88. The molecule has 0 bridgehead atoms. The SMILES string of the molecule is CCN1C(=O)CCC[C@@H]1C(=O)NCc1ccc(Cl)cc1Cl. The first-order valence-electron chi connectivity index (χ1n) is 7.04. The van der Waals surface area contributed by atoms with Gasteiger partial charge in [0.05, 0.1) is 0 Å². The van der Waals surface area contributed by atoms with E-state index in [0.717, 1.165) is 12.0 Å². The van der Waals surface area contributed by atoms with Crippen molar-refractivity contribution >= 4 is 35.0 Å². The van der Waals surface area contributed by atoms with Gasteiger partial charge < -0.3 is 10.2 Å². The largest absolute Gasteiger partial charge is 0.350 e. The third-order valence-corrected chi connectivity index (χ3v) is 4.26.